The van der Waals surface area contributed by atoms with Crippen molar-refractivity contribution in [3.8, 4) is 17.2 Å². The zero-order chi connectivity index (χ0) is 30.0. The third-order valence-electron chi connectivity index (χ3n) is 7.39. The van der Waals surface area contributed by atoms with Gasteiger partial charge in [0, 0.05) is 58.6 Å². The van der Waals surface area contributed by atoms with Gasteiger partial charge >= 0.3 is 0 Å². The zero-order valence-corrected chi connectivity index (χ0v) is 25.3. The van der Waals surface area contributed by atoms with E-state index in [1.807, 2.05) is 61.8 Å². The highest BCUT2D eigenvalue weighted by Gasteiger charge is 2.37. The molecule has 1 amide bonds. The number of imidazole rings is 1. The van der Waals surface area contributed by atoms with Crippen LogP contribution in [0.2, 0.25) is 0 Å². The molecule has 228 valence electrons. The summed E-state index contributed by atoms with van der Waals surface area (Å²) in [6, 6.07) is 13.6. The summed E-state index contributed by atoms with van der Waals surface area (Å²) in [4.78, 5) is 21.0. The van der Waals surface area contributed by atoms with Crippen LogP contribution >= 0.6 is 0 Å². The molecule has 1 unspecified atom stereocenters. The Morgan fingerprint density at radius 1 is 1.05 bits per heavy atom. The molecule has 1 atom stereocenters. The second-order valence-corrected chi connectivity index (χ2v) is 10.9. The smallest absolute Gasteiger partial charge is 0.248 e. The first-order chi connectivity index (χ1) is 20.3. The lowest BCUT2D eigenvalue weighted by Crippen LogP contribution is -2.52. The summed E-state index contributed by atoms with van der Waals surface area (Å²) in [6.07, 6.45) is 5.56. The van der Waals surface area contributed by atoms with Crippen molar-refractivity contribution in [1.82, 2.24) is 19.4 Å². The lowest BCUT2D eigenvalue weighted by atomic mass is 10.0. The van der Waals surface area contributed by atoms with E-state index in [-0.39, 0.29) is 25.7 Å². The van der Waals surface area contributed by atoms with Crippen LogP contribution in [0.3, 0.4) is 0 Å². The third kappa shape index (κ3) is 8.70. The Morgan fingerprint density at radius 2 is 1.86 bits per heavy atom. The molecule has 4 rings (SSSR count). The number of carbonyl (C=O) groups excluding carboxylic acids is 1. The van der Waals surface area contributed by atoms with Gasteiger partial charge in [0.2, 0.25) is 5.91 Å². The molecule has 1 N–H and O–H groups in total. The number of hydrogen-bond acceptors (Lipinski definition) is 8. The van der Waals surface area contributed by atoms with Gasteiger partial charge in [0.05, 0.1) is 20.3 Å². The maximum Gasteiger partial charge on any atom is 0.248 e. The van der Waals surface area contributed by atoms with Crippen molar-refractivity contribution >= 4 is 5.91 Å². The van der Waals surface area contributed by atoms with Crippen LogP contribution in [0.15, 0.2) is 54.9 Å². The van der Waals surface area contributed by atoms with Crippen molar-refractivity contribution in [2.75, 3.05) is 60.2 Å². The monoisotopic (exact) mass is 580 g/mol. The minimum Gasteiger partial charge on any atom is -0.493 e. The van der Waals surface area contributed by atoms with Crippen molar-refractivity contribution in [2.45, 2.75) is 45.4 Å². The van der Waals surface area contributed by atoms with Gasteiger partial charge in [-0.25, -0.2) is 4.98 Å². The van der Waals surface area contributed by atoms with Gasteiger partial charge in [-0.2, -0.15) is 0 Å². The Kier molecular flexibility index (Phi) is 11.2. The number of aliphatic hydroxyl groups is 1. The number of ether oxygens (including phenoxy) is 4. The number of aryl methyl sites for hydroxylation is 3. The number of nitrogens with zero attached hydrogens (tertiary/aromatic N) is 4. The van der Waals surface area contributed by atoms with Gasteiger partial charge in [0.15, 0.2) is 11.5 Å². The topological polar surface area (TPSA) is 98.5 Å². The van der Waals surface area contributed by atoms with E-state index in [9.17, 15) is 9.90 Å². The van der Waals surface area contributed by atoms with Gasteiger partial charge in [0.1, 0.15) is 30.4 Å². The lowest BCUT2D eigenvalue weighted by Gasteiger charge is -2.33. The Bertz CT molecular complexity index is 1280. The highest BCUT2D eigenvalue weighted by Crippen LogP contribution is 2.29. The summed E-state index contributed by atoms with van der Waals surface area (Å²) in [5.74, 6) is 2.94. The average Bonchev–Trinajstić information content (AvgIpc) is 3.37. The number of hydrogen-bond donors (Lipinski definition) is 1. The van der Waals surface area contributed by atoms with Crippen LogP contribution in [0.25, 0.3) is 0 Å². The third-order valence-corrected chi connectivity index (χ3v) is 7.39. The first-order valence-corrected chi connectivity index (χ1v) is 14.5. The van der Waals surface area contributed by atoms with Gasteiger partial charge in [-0.1, -0.05) is 30.7 Å². The van der Waals surface area contributed by atoms with E-state index in [0.717, 1.165) is 36.3 Å². The molecule has 42 heavy (non-hydrogen) atoms. The molecule has 1 saturated heterocycles. The van der Waals surface area contributed by atoms with Gasteiger partial charge in [-0.05, 0) is 43.2 Å². The van der Waals surface area contributed by atoms with Crippen LogP contribution < -0.4 is 14.2 Å². The SMILES string of the molecule is CCc1nccn1CCCOc1cc(CN2CCN(C(=O)COC)CC(O)(COc3ccc(C)cc3)C2)ccc1OC. The van der Waals surface area contributed by atoms with Crippen molar-refractivity contribution in [1.29, 1.82) is 0 Å². The predicted molar refractivity (Wildman–Crippen MR) is 160 cm³/mol. The summed E-state index contributed by atoms with van der Waals surface area (Å²) in [5.41, 5.74) is 0.873. The molecule has 1 fully saturated rings. The Morgan fingerprint density at radius 3 is 2.60 bits per heavy atom. The molecule has 1 aromatic heterocycles. The van der Waals surface area contributed by atoms with E-state index in [1.54, 1.807) is 12.0 Å². The first kappa shape index (κ1) is 31.3. The molecule has 3 aromatic rings. The molecule has 0 saturated carbocycles. The molecule has 0 spiro atoms. The lowest BCUT2D eigenvalue weighted by molar-refractivity contribution is -0.138. The van der Waals surface area contributed by atoms with Crippen molar-refractivity contribution in [3.05, 3.63) is 71.8 Å². The molecule has 10 heteroatoms. The second kappa shape index (κ2) is 15.0. The van der Waals surface area contributed by atoms with Crippen LogP contribution in [0.5, 0.6) is 17.2 Å². The fraction of sp³-hybridized carbons (Fsp3) is 0.500. The summed E-state index contributed by atoms with van der Waals surface area (Å²) in [5, 5.41) is 11.7. The standard InChI is InChI=1S/C32H44N4O6/c1-5-30-33-13-15-35(30)14-6-18-41-29-19-26(9-12-28(29)40-4)20-34-16-17-36(31(37)21-39-3)23-32(38,22-34)24-42-27-10-7-25(2)8-11-27/h7-13,15,19,38H,5-6,14,16-18,20-24H2,1-4H3. The summed E-state index contributed by atoms with van der Waals surface area (Å²) < 4.78 is 25.0. The highest BCUT2D eigenvalue weighted by molar-refractivity contribution is 5.77. The molecule has 2 heterocycles. The summed E-state index contributed by atoms with van der Waals surface area (Å²) in [6.45, 7) is 7.63. The van der Waals surface area contributed by atoms with Gasteiger partial charge < -0.3 is 33.5 Å². The number of carbonyl (C=O) groups is 1. The number of methoxy groups -OCH3 is 2. The van der Waals surface area contributed by atoms with Crippen LogP contribution in [0, 0.1) is 6.92 Å². The number of rotatable bonds is 14. The van der Waals surface area contributed by atoms with E-state index in [0.29, 0.717) is 50.0 Å². The maximum absolute atomic E-state index is 12.8. The van der Waals surface area contributed by atoms with Gasteiger partial charge in [0.25, 0.3) is 0 Å². The normalized spacial score (nSPS) is 17.6. The predicted octanol–water partition coefficient (Wildman–Crippen LogP) is 3.33. The quantitative estimate of drug-likeness (QED) is 0.290. The van der Waals surface area contributed by atoms with Crippen LogP contribution in [-0.4, -0.2) is 96.2 Å². The molecule has 10 nitrogen and oxygen atoms in total. The minimum absolute atomic E-state index is 0.0331. The molecule has 1 aliphatic heterocycles. The molecule has 0 aliphatic carbocycles. The van der Waals surface area contributed by atoms with Gasteiger partial charge in [-0.15, -0.1) is 0 Å². The Labute approximate surface area is 248 Å². The average molecular weight is 581 g/mol. The minimum atomic E-state index is -1.28. The van der Waals surface area contributed by atoms with Crippen molar-refractivity contribution in [2.24, 2.45) is 0 Å². The molecule has 0 bridgehead atoms. The highest BCUT2D eigenvalue weighted by atomic mass is 16.5. The fourth-order valence-corrected chi connectivity index (χ4v) is 5.21. The van der Waals surface area contributed by atoms with Gasteiger partial charge in [-0.3, -0.25) is 9.69 Å². The molecular formula is C32H44N4O6. The van der Waals surface area contributed by atoms with Crippen LogP contribution in [-0.2, 0) is 29.0 Å². The van der Waals surface area contributed by atoms with Crippen molar-refractivity contribution in [3.63, 3.8) is 0 Å². The van der Waals surface area contributed by atoms with Crippen LogP contribution in [0.1, 0.15) is 30.3 Å². The fourth-order valence-electron chi connectivity index (χ4n) is 5.21. The summed E-state index contributed by atoms with van der Waals surface area (Å²) >= 11 is 0. The number of amides is 1. The molecular weight excluding hydrogens is 536 g/mol. The van der Waals surface area contributed by atoms with E-state index >= 15 is 0 Å². The van der Waals surface area contributed by atoms with Crippen LogP contribution in [0.4, 0.5) is 0 Å². The number of β-amino-alcohol motifs (C(OH)–C–C–N with tert-alkyl or cyclic N) is 1. The molecule has 1 aliphatic rings. The molecule has 2 aromatic carbocycles. The molecule has 0 radical (unpaired) electrons. The van der Waals surface area contributed by atoms with E-state index in [2.05, 4.69) is 21.4 Å². The Balaban J connectivity index is 1.43. The van der Waals surface area contributed by atoms with E-state index < -0.39 is 5.60 Å². The number of aromatic nitrogens is 2. The second-order valence-electron chi connectivity index (χ2n) is 10.9. The van der Waals surface area contributed by atoms with E-state index in [4.69, 9.17) is 18.9 Å². The van der Waals surface area contributed by atoms with Crippen molar-refractivity contribution < 1.29 is 28.8 Å². The Hall–Kier alpha value is -3.60. The maximum atomic E-state index is 12.8. The largest absolute Gasteiger partial charge is 0.493 e. The first-order valence-electron chi connectivity index (χ1n) is 14.5. The summed E-state index contributed by atoms with van der Waals surface area (Å²) in [7, 11) is 3.13. The van der Waals surface area contributed by atoms with E-state index in [1.165, 1.54) is 7.11 Å². The zero-order valence-electron chi connectivity index (χ0n) is 25.3. The number of benzene rings is 2.